The second kappa shape index (κ2) is 4.03. The molecule has 0 saturated heterocycles. The maximum Gasteiger partial charge on any atom is 0.138 e. The number of nitrogens with one attached hydrogen (secondary N) is 1. The van der Waals surface area contributed by atoms with E-state index in [1.54, 1.807) is 6.20 Å². The first-order valence-corrected chi connectivity index (χ1v) is 5.60. The first-order valence-electron chi connectivity index (χ1n) is 5.60. The maximum absolute atomic E-state index is 5.58. The Morgan fingerprint density at radius 1 is 1.06 bits per heavy atom. The fourth-order valence-electron chi connectivity index (χ4n) is 2.03. The molecule has 3 rings (SSSR count). The van der Waals surface area contributed by atoms with Crippen molar-refractivity contribution in [3.8, 4) is 11.4 Å². The highest BCUT2D eigenvalue weighted by atomic mass is 14.9. The van der Waals surface area contributed by atoms with Crippen LogP contribution in [0.25, 0.3) is 22.2 Å². The average molecular weight is 223 g/mol. The summed E-state index contributed by atoms with van der Waals surface area (Å²) in [5.41, 5.74) is 7.65. The van der Waals surface area contributed by atoms with E-state index in [1.807, 2.05) is 18.2 Å². The van der Waals surface area contributed by atoms with E-state index in [2.05, 4.69) is 34.2 Å². The first-order chi connectivity index (χ1) is 8.38. The number of nitrogens with zero attached hydrogens (tertiary/aromatic N) is 1. The van der Waals surface area contributed by atoms with Crippen LogP contribution < -0.4 is 5.73 Å². The Kier molecular flexibility index (Phi) is 2.38. The van der Waals surface area contributed by atoms with Gasteiger partial charge in [-0.1, -0.05) is 42.5 Å². The van der Waals surface area contributed by atoms with Crippen LogP contribution in [0, 0.1) is 0 Å². The van der Waals surface area contributed by atoms with Crippen LogP contribution in [0.5, 0.6) is 0 Å². The Labute approximate surface area is 99.3 Å². The van der Waals surface area contributed by atoms with Gasteiger partial charge in [0.1, 0.15) is 5.82 Å². The lowest BCUT2D eigenvalue weighted by atomic mass is 10.0. The standard InChI is InChI=1S/C14H13N3/c15-8-11-9-16-14(17-11)13-7-3-5-10-4-1-2-6-12(10)13/h1-7,9H,8,15H2,(H,16,17). The average Bonchev–Trinajstić information content (AvgIpc) is 2.87. The van der Waals surface area contributed by atoms with Crippen LogP contribution in [0.4, 0.5) is 0 Å². The van der Waals surface area contributed by atoms with Gasteiger partial charge in [-0.15, -0.1) is 0 Å². The van der Waals surface area contributed by atoms with E-state index in [0.29, 0.717) is 6.54 Å². The van der Waals surface area contributed by atoms with Crippen LogP contribution >= 0.6 is 0 Å². The summed E-state index contributed by atoms with van der Waals surface area (Å²) in [5, 5.41) is 2.42. The van der Waals surface area contributed by atoms with Gasteiger partial charge in [0.05, 0.1) is 0 Å². The Hall–Kier alpha value is -2.13. The topological polar surface area (TPSA) is 54.7 Å². The molecule has 3 nitrogen and oxygen atoms in total. The molecule has 0 bridgehead atoms. The lowest BCUT2D eigenvalue weighted by Gasteiger charge is -2.03. The van der Waals surface area contributed by atoms with Gasteiger partial charge in [0.2, 0.25) is 0 Å². The molecule has 0 fully saturated rings. The van der Waals surface area contributed by atoms with E-state index in [-0.39, 0.29) is 0 Å². The summed E-state index contributed by atoms with van der Waals surface area (Å²) >= 11 is 0. The zero-order valence-electron chi connectivity index (χ0n) is 9.35. The van der Waals surface area contributed by atoms with E-state index in [9.17, 15) is 0 Å². The van der Waals surface area contributed by atoms with E-state index >= 15 is 0 Å². The molecular weight excluding hydrogens is 210 g/mol. The lowest BCUT2D eigenvalue weighted by molar-refractivity contribution is 1.01. The number of imidazole rings is 1. The number of aromatic amines is 1. The minimum atomic E-state index is 0.484. The van der Waals surface area contributed by atoms with E-state index < -0.39 is 0 Å². The molecule has 0 aliphatic carbocycles. The van der Waals surface area contributed by atoms with Crippen molar-refractivity contribution in [1.29, 1.82) is 0 Å². The van der Waals surface area contributed by atoms with Gasteiger partial charge in [-0.2, -0.15) is 0 Å². The summed E-state index contributed by atoms with van der Waals surface area (Å²) < 4.78 is 0. The summed E-state index contributed by atoms with van der Waals surface area (Å²) in [6.45, 7) is 0.484. The van der Waals surface area contributed by atoms with Gasteiger partial charge in [0.15, 0.2) is 0 Å². The third-order valence-electron chi connectivity index (χ3n) is 2.89. The summed E-state index contributed by atoms with van der Waals surface area (Å²) in [4.78, 5) is 7.61. The van der Waals surface area contributed by atoms with Crippen molar-refractivity contribution >= 4 is 10.8 Å². The van der Waals surface area contributed by atoms with Gasteiger partial charge < -0.3 is 10.7 Å². The molecule has 84 valence electrons. The van der Waals surface area contributed by atoms with Gasteiger partial charge >= 0.3 is 0 Å². The summed E-state index contributed by atoms with van der Waals surface area (Å²) in [6.07, 6.45) is 1.79. The van der Waals surface area contributed by atoms with Gasteiger partial charge in [-0.05, 0) is 10.8 Å². The second-order valence-corrected chi connectivity index (χ2v) is 3.99. The molecule has 1 heterocycles. The SMILES string of the molecule is NCc1cnc(-c2cccc3ccccc23)[nH]1. The molecule has 0 spiro atoms. The number of rotatable bonds is 2. The normalized spacial score (nSPS) is 10.9. The van der Waals surface area contributed by atoms with Crippen LogP contribution in [0.2, 0.25) is 0 Å². The fourth-order valence-corrected chi connectivity index (χ4v) is 2.03. The zero-order chi connectivity index (χ0) is 11.7. The number of hydrogen-bond donors (Lipinski definition) is 2. The largest absolute Gasteiger partial charge is 0.341 e. The van der Waals surface area contributed by atoms with Crippen molar-refractivity contribution in [2.75, 3.05) is 0 Å². The second-order valence-electron chi connectivity index (χ2n) is 3.99. The zero-order valence-corrected chi connectivity index (χ0v) is 9.35. The molecule has 0 atom stereocenters. The lowest BCUT2D eigenvalue weighted by Crippen LogP contribution is -1.95. The van der Waals surface area contributed by atoms with Crippen LogP contribution in [-0.4, -0.2) is 9.97 Å². The van der Waals surface area contributed by atoms with Crippen molar-refractivity contribution in [3.05, 3.63) is 54.4 Å². The number of hydrogen-bond acceptors (Lipinski definition) is 2. The maximum atomic E-state index is 5.58. The van der Waals surface area contributed by atoms with Gasteiger partial charge in [0, 0.05) is 24.0 Å². The van der Waals surface area contributed by atoms with Crippen molar-refractivity contribution in [3.63, 3.8) is 0 Å². The van der Waals surface area contributed by atoms with Crippen molar-refractivity contribution in [2.24, 2.45) is 5.73 Å². The fraction of sp³-hybridized carbons (Fsp3) is 0.0714. The summed E-state index contributed by atoms with van der Waals surface area (Å²) in [7, 11) is 0. The highest BCUT2D eigenvalue weighted by molar-refractivity contribution is 5.95. The Morgan fingerprint density at radius 3 is 2.71 bits per heavy atom. The highest BCUT2D eigenvalue weighted by Gasteiger charge is 2.06. The van der Waals surface area contributed by atoms with Gasteiger partial charge in [-0.25, -0.2) is 4.98 Å². The minimum Gasteiger partial charge on any atom is -0.341 e. The van der Waals surface area contributed by atoms with E-state index in [4.69, 9.17) is 5.73 Å². The molecule has 3 heteroatoms. The molecule has 3 aromatic rings. The van der Waals surface area contributed by atoms with E-state index in [0.717, 1.165) is 17.1 Å². The molecule has 0 radical (unpaired) electrons. The number of nitrogens with two attached hydrogens (primary N) is 1. The molecule has 0 aliphatic rings. The molecule has 0 saturated carbocycles. The Morgan fingerprint density at radius 2 is 1.88 bits per heavy atom. The van der Waals surface area contributed by atoms with Gasteiger partial charge in [-0.3, -0.25) is 0 Å². The number of aromatic nitrogens is 2. The van der Waals surface area contributed by atoms with Crippen LogP contribution in [-0.2, 0) is 6.54 Å². The van der Waals surface area contributed by atoms with Crippen molar-refractivity contribution in [1.82, 2.24) is 9.97 Å². The van der Waals surface area contributed by atoms with Crippen molar-refractivity contribution < 1.29 is 0 Å². The number of fused-ring (bicyclic) bond motifs is 1. The van der Waals surface area contributed by atoms with Crippen LogP contribution in [0.15, 0.2) is 48.7 Å². The molecule has 17 heavy (non-hydrogen) atoms. The summed E-state index contributed by atoms with van der Waals surface area (Å²) in [5.74, 6) is 0.877. The van der Waals surface area contributed by atoms with Gasteiger partial charge in [0.25, 0.3) is 0 Å². The third kappa shape index (κ3) is 1.70. The smallest absolute Gasteiger partial charge is 0.138 e. The molecule has 3 N–H and O–H groups in total. The molecule has 2 aromatic carbocycles. The number of benzene rings is 2. The first kappa shape index (κ1) is 10.1. The quantitative estimate of drug-likeness (QED) is 0.701. The minimum absolute atomic E-state index is 0.484. The predicted octanol–water partition coefficient (Wildman–Crippen LogP) is 2.69. The van der Waals surface area contributed by atoms with Crippen LogP contribution in [0.3, 0.4) is 0 Å². The molecular formula is C14H13N3. The van der Waals surface area contributed by atoms with Crippen LogP contribution in [0.1, 0.15) is 5.69 Å². The predicted molar refractivity (Wildman–Crippen MR) is 69.4 cm³/mol. The monoisotopic (exact) mass is 223 g/mol. The Balaban J connectivity index is 2.23. The molecule has 1 aromatic heterocycles. The highest BCUT2D eigenvalue weighted by Crippen LogP contribution is 2.26. The molecule has 0 amide bonds. The third-order valence-corrected chi connectivity index (χ3v) is 2.89. The molecule has 0 aliphatic heterocycles. The summed E-state index contributed by atoms with van der Waals surface area (Å²) in [6, 6.07) is 14.5. The van der Waals surface area contributed by atoms with E-state index in [1.165, 1.54) is 10.8 Å². The molecule has 0 unspecified atom stereocenters. The Bertz CT molecular complexity index is 650. The van der Waals surface area contributed by atoms with Crippen molar-refractivity contribution in [2.45, 2.75) is 6.54 Å². The number of H-pyrrole nitrogens is 1.